The molecular weight excluding hydrogens is 412 g/mol. The Hall–Kier alpha value is -3.67. The summed E-state index contributed by atoms with van der Waals surface area (Å²) in [5, 5.41) is 2.97. The van der Waals surface area contributed by atoms with Gasteiger partial charge in [0.25, 0.3) is 5.91 Å². The molecule has 6 nitrogen and oxygen atoms in total. The van der Waals surface area contributed by atoms with E-state index in [0.717, 1.165) is 42.0 Å². The van der Waals surface area contributed by atoms with Crippen LogP contribution in [0.3, 0.4) is 0 Å². The second-order valence-electron chi connectivity index (χ2n) is 8.19. The molecule has 170 valence electrons. The molecule has 0 unspecified atom stereocenters. The lowest BCUT2D eigenvalue weighted by molar-refractivity contribution is 0.0953. The van der Waals surface area contributed by atoms with Gasteiger partial charge in [0.1, 0.15) is 11.6 Å². The summed E-state index contributed by atoms with van der Waals surface area (Å²) in [6.07, 6.45) is 5.84. The Labute approximate surface area is 194 Å². The second-order valence-corrected chi connectivity index (χ2v) is 8.19. The molecule has 2 heterocycles. The third kappa shape index (κ3) is 5.58. The molecule has 1 amide bonds. The van der Waals surface area contributed by atoms with Crippen molar-refractivity contribution in [3.05, 3.63) is 89.5 Å². The third-order valence-corrected chi connectivity index (χ3v) is 5.72. The fraction of sp³-hybridized carbons (Fsp3) is 0.296. The highest BCUT2D eigenvalue weighted by molar-refractivity contribution is 5.93. The van der Waals surface area contributed by atoms with E-state index in [1.165, 1.54) is 11.1 Å². The van der Waals surface area contributed by atoms with Crippen LogP contribution < -0.4 is 10.1 Å². The van der Waals surface area contributed by atoms with Gasteiger partial charge in [0.15, 0.2) is 0 Å². The maximum absolute atomic E-state index is 12.3. The fourth-order valence-corrected chi connectivity index (χ4v) is 4.03. The molecule has 0 fully saturated rings. The monoisotopic (exact) mass is 442 g/mol. The van der Waals surface area contributed by atoms with Crippen molar-refractivity contribution in [2.24, 2.45) is 0 Å². The molecular formula is C27H30N4O2. The Morgan fingerprint density at radius 3 is 2.61 bits per heavy atom. The number of hydrogen-bond donors (Lipinski definition) is 1. The quantitative estimate of drug-likeness (QED) is 0.356. The summed E-state index contributed by atoms with van der Waals surface area (Å²) >= 11 is 0. The first-order valence-corrected chi connectivity index (χ1v) is 11.4. The number of hydrogen-bond acceptors (Lipinski definition) is 4. The Bertz CT molecular complexity index is 1200. The van der Waals surface area contributed by atoms with Crippen LogP contribution in [0.1, 0.15) is 40.2 Å². The van der Waals surface area contributed by atoms with Crippen molar-refractivity contribution >= 4 is 16.9 Å². The molecule has 1 N–H and O–H groups in total. The van der Waals surface area contributed by atoms with Crippen LogP contribution in [0.2, 0.25) is 0 Å². The van der Waals surface area contributed by atoms with Gasteiger partial charge in [-0.05, 0) is 62.1 Å². The third-order valence-electron chi connectivity index (χ3n) is 5.72. The van der Waals surface area contributed by atoms with E-state index in [4.69, 9.17) is 9.72 Å². The number of ether oxygens (including phenoxy) is 1. The van der Waals surface area contributed by atoms with Crippen molar-refractivity contribution < 1.29 is 9.53 Å². The topological polar surface area (TPSA) is 69.0 Å². The molecule has 2 aromatic heterocycles. The molecule has 0 aliphatic rings. The summed E-state index contributed by atoms with van der Waals surface area (Å²) in [7, 11) is 0. The van der Waals surface area contributed by atoms with Gasteiger partial charge < -0.3 is 14.6 Å². The zero-order chi connectivity index (χ0) is 23.0. The smallest absolute Gasteiger partial charge is 0.252 e. The summed E-state index contributed by atoms with van der Waals surface area (Å²) in [5.74, 6) is 1.86. The first kappa shape index (κ1) is 22.5. The molecule has 6 heteroatoms. The van der Waals surface area contributed by atoms with Gasteiger partial charge in [-0.15, -0.1) is 0 Å². The molecule has 0 aliphatic carbocycles. The van der Waals surface area contributed by atoms with Gasteiger partial charge in [-0.25, -0.2) is 4.98 Å². The Kier molecular flexibility index (Phi) is 7.35. The molecule has 0 radical (unpaired) electrons. The molecule has 0 aliphatic heterocycles. The van der Waals surface area contributed by atoms with Gasteiger partial charge in [0.05, 0.1) is 23.2 Å². The van der Waals surface area contributed by atoms with E-state index in [2.05, 4.69) is 53.0 Å². The summed E-state index contributed by atoms with van der Waals surface area (Å²) in [6.45, 7) is 6.24. The Balaban J connectivity index is 1.34. The summed E-state index contributed by atoms with van der Waals surface area (Å²) in [6, 6.07) is 17.9. The average molecular weight is 443 g/mol. The molecule has 2 aromatic carbocycles. The summed E-state index contributed by atoms with van der Waals surface area (Å²) in [4.78, 5) is 21.1. The zero-order valence-corrected chi connectivity index (χ0v) is 19.3. The van der Waals surface area contributed by atoms with Gasteiger partial charge >= 0.3 is 0 Å². The lowest BCUT2D eigenvalue weighted by Crippen LogP contribution is -2.26. The highest BCUT2D eigenvalue weighted by Gasteiger charge is 2.12. The number of rotatable bonds is 10. The molecule has 33 heavy (non-hydrogen) atoms. The molecule has 0 saturated carbocycles. The maximum atomic E-state index is 12.3. The number of nitrogens with zero attached hydrogens (tertiary/aromatic N) is 3. The maximum Gasteiger partial charge on any atom is 0.252 e. The average Bonchev–Trinajstić information content (AvgIpc) is 3.18. The van der Waals surface area contributed by atoms with Crippen molar-refractivity contribution in [2.45, 2.75) is 39.7 Å². The highest BCUT2D eigenvalue weighted by atomic mass is 16.5. The molecule has 0 spiro atoms. The van der Waals surface area contributed by atoms with Gasteiger partial charge in [-0.3, -0.25) is 9.78 Å². The van der Waals surface area contributed by atoms with Crippen molar-refractivity contribution in [1.29, 1.82) is 0 Å². The van der Waals surface area contributed by atoms with E-state index in [9.17, 15) is 4.79 Å². The predicted molar refractivity (Wildman–Crippen MR) is 131 cm³/mol. The number of imidazole rings is 1. The number of aromatic nitrogens is 3. The number of carbonyl (C=O) groups is 1. The van der Waals surface area contributed by atoms with E-state index < -0.39 is 0 Å². The van der Waals surface area contributed by atoms with Crippen LogP contribution in [0.15, 0.2) is 67.0 Å². The van der Waals surface area contributed by atoms with Crippen LogP contribution in [0.4, 0.5) is 0 Å². The minimum Gasteiger partial charge on any atom is -0.493 e. The van der Waals surface area contributed by atoms with Crippen molar-refractivity contribution in [3.63, 3.8) is 0 Å². The SMILES string of the molecule is Cc1cccc(C)c1OCCCCn1c(CCNC(=O)c2cccnc2)nc2ccccc21. The first-order chi connectivity index (χ1) is 16.1. The lowest BCUT2D eigenvalue weighted by Gasteiger charge is -2.13. The van der Waals surface area contributed by atoms with Crippen LogP contribution in [-0.2, 0) is 13.0 Å². The van der Waals surface area contributed by atoms with Gasteiger partial charge in [-0.1, -0.05) is 30.3 Å². The highest BCUT2D eigenvalue weighted by Crippen LogP contribution is 2.23. The molecule has 0 bridgehead atoms. The van der Waals surface area contributed by atoms with Crippen LogP contribution >= 0.6 is 0 Å². The summed E-state index contributed by atoms with van der Waals surface area (Å²) in [5.41, 5.74) is 5.02. The number of benzene rings is 2. The summed E-state index contributed by atoms with van der Waals surface area (Å²) < 4.78 is 8.33. The normalized spacial score (nSPS) is 11.0. The number of amides is 1. The predicted octanol–water partition coefficient (Wildman–Crippen LogP) is 4.88. The molecule has 4 rings (SSSR count). The Morgan fingerprint density at radius 2 is 1.82 bits per heavy atom. The van der Waals surface area contributed by atoms with Crippen molar-refractivity contribution in [3.8, 4) is 5.75 Å². The van der Waals surface area contributed by atoms with Crippen LogP contribution in [-0.4, -0.2) is 33.6 Å². The zero-order valence-electron chi connectivity index (χ0n) is 19.3. The van der Waals surface area contributed by atoms with Crippen molar-refractivity contribution in [2.75, 3.05) is 13.2 Å². The number of unbranched alkanes of at least 4 members (excludes halogenated alkanes) is 1. The van der Waals surface area contributed by atoms with Gasteiger partial charge in [0.2, 0.25) is 0 Å². The van der Waals surface area contributed by atoms with E-state index in [1.807, 2.05) is 18.2 Å². The minimum atomic E-state index is -0.116. The number of pyridine rings is 1. The van der Waals surface area contributed by atoms with Crippen LogP contribution in [0, 0.1) is 13.8 Å². The first-order valence-electron chi connectivity index (χ1n) is 11.4. The van der Waals surface area contributed by atoms with E-state index in [0.29, 0.717) is 25.1 Å². The van der Waals surface area contributed by atoms with E-state index in [1.54, 1.807) is 24.5 Å². The number of fused-ring (bicyclic) bond motifs is 1. The van der Waals surface area contributed by atoms with Gasteiger partial charge in [0, 0.05) is 31.9 Å². The van der Waals surface area contributed by atoms with Gasteiger partial charge in [-0.2, -0.15) is 0 Å². The number of carbonyl (C=O) groups excluding carboxylic acids is 1. The van der Waals surface area contributed by atoms with Crippen LogP contribution in [0.25, 0.3) is 11.0 Å². The largest absolute Gasteiger partial charge is 0.493 e. The van der Waals surface area contributed by atoms with Crippen molar-refractivity contribution in [1.82, 2.24) is 19.9 Å². The van der Waals surface area contributed by atoms with Crippen LogP contribution in [0.5, 0.6) is 5.75 Å². The number of nitrogens with one attached hydrogen (secondary N) is 1. The second kappa shape index (κ2) is 10.8. The van der Waals surface area contributed by atoms with E-state index in [-0.39, 0.29) is 5.91 Å². The van der Waals surface area contributed by atoms with E-state index >= 15 is 0 Å². The molecule has 0 saturated heterocycles. The Morgan fingerprint density at radius 1 is 1.00 bits per heavy atom. The fourth-order valence-electron chi connectivity index (χ4n) is 4.03. The number of para-hydroxylation sites is 3. The minimum absolute atomic E-state index is 0.116. The standard InChI is InChI=1S/C27H30N4O2/c1-20-9-7-10-21(2)26(20)33-18-6-5-17-31-24-13-4-3-12-23(24)30-25(31)14-16-29-27(32)22-11-8-15-28-19-22/h3-4,7-13,15,19H,5-6,14,16-18H2,1-2H3,(H,29,32). The molecule has 0 atom stereocenters. The lowest BCUT2D eigenvalue weighted by atomic mass is 10.1. The molecule has 4 aromatic rings. The number of aryl methyl sites for hydroxylation is 3.